The van der Waals surface area contributed by atoms with Crippen LogP contribution in [-0.2, 0) is 4.79 Å². The molecule has 162 valence electrons. The number of hydrogen-bond acceptors (Lipinski definition) is 7. The molecule has 0 atom stereocenters. The number of benzene rings is 2. The van der Waals surface area contributed by atoms with Crippen molar-refractivity contribution in [2.45, 2.75) is 11.3 Å². The maximum atomic E-state index is 13.0. The molecule has 0 unspecified atom stereocenters. The Kier molecular flexibility index (Phi) is 7.91. The SMILES string of the molecule is CCNC(=O)CSc1nc(-c2ccccc2)c(NC(=O)c2ccc(OC)cc2OC)s1. The predicted molar refractivity (Wildman–Crippen MR) is 124 cm³/mol. The third-order valence-electron chi connectivity index (χ3n) is 4.24. The minimum absolute atomic E-state index is 0.0579. The zero-order valence-electron chi connectivity index (χ0n) is 17.4. The fourth-order valence-electron chi connectivity index (χ4n) is 2.77. The average molecular weight is 458 g/mol. The van der Waals surface area contributed by atoms with Crippen LogP contribution < -0.4 is 20.1 Å². The van der Waals surface area contributed by atoms with Crippen molar-refractivity contribution in [1.82, 2.24) is 10.3 Å². The van der Waals surface area contributed by atoms with Crippen molar-refractivity contribution in [2.75, 3.05) is 31.8 Å². The molecule has 0 bridgehead atoms. The van der Waals surface area contributed by atoms with Crippen molar-refractivity contribution in [3.63, 3.8) is 0 Å². The molecule has 2 aromatic carbocycles. The van der Waals surface area contributed by atoms with E-state index in [0.717, 1.165) is 5.56 Å². The van der Waals surface area contributed by atoms with E-state index in [1.807, 2.05) is 37.3 Å². The molecule has 3 rings (SSSR count). The van der Waals surface area contributed by atoms with Gasteiger partial charge < -0.3 is 20.1 Å². The number of nitrogens with one attached hydrogen (secondary N) is 2. The smallest absolute Gasteiger partial charge is 0.260 e. The van der Waals surface area contributed by atoms with Crippen LogP contribution in [0.4, 0.5) is 5.00 Å². The number of carbonyl (C=O) groups excluding carboxylic acids is 2. The Hall–Kier alpha value is -3.04. The van der Waals surface area contributed by atoms with E-state index in [0.29, 0.717) is 38.6 Å². The first-order valence-corrected chi connectivity index (χ1v) is 11.3. The maximum Gasteiger partial charge on any atom is 0.260 e. The molecule has 0 aliphatic heterocycles. The molecule has 0 radical (unpaired) electrons. The number of ether oxygens (including phenoxy) is 2. The third kappa shape index (κ3) is 5.77. The average Bonchev–Trinajstić information content (AvgIpc) is 3.20. The molecule has 0 fully saturated rings. The Morgan fingerprint density at radius 2 is 1.87 bits per heavy atom. The highest BCUT2D eigenvalue weighted by molar-refractivity contribution is 8.01. The number of rotatable bonds is 9. The predicted octanol–water partition coefficient (Wildman–Crippen LogP) is 4.31. The van der Waals surface area contributed by atoms with Crippen molar-refractivity contribution in [3.05, 3.63) is 54.1 Å². The minimum Gasteiger partial charge on any atom is -0.497 e. The van der Waals surface area contributed by atoms with E-state index in [4.69, 9.17) is 9.47 Å². The highest BCUT2D eigenvalue weighted by atomic mass is 32.2. The lowest BCUT2D eigenvalue weighted by atomic mass is 10.1. The second kappa shape index (κ2) is 10.8. The van der Waals surface area contributed by atoms with E-state index in [9.17, 15) is 9.59 Å². The normalized spacial score (nSPS) is 10.4. The number of thiazole rings is 1. The van der Waals surface area contributed by atoms with Crippen LogP contribution in [0.5, 0.6) is 11.5 Å². The quantitative estimate of drug-likeness (QED) is 0.466. The van der Waals surface area contributed by atoms with Crippen molar-refractivity contribution in [2.24, 2.45) is 0 Å². The summed E-state index contributed by atoms with van der Waals surface area (Å²) in [5, 5.41) is 6.33. The highest BCUT2D eigenvalue weighted by Gasteiger charge is 2.19. The summed E-state index contributed by atoms with van der Waals surface area (Å²) in [6.45, 7) is 2.46. The zero-order valence-corrected chi connectivity index (χ0v) is 19.1. The summed E-state index contributed by atoms with van der Waals surface area (Å²) < 4.78 is 11.2. The summed E-state index contributed by atoms with van der Waals surface area (Å²) in [6, 6.07) is 14.6. The van der Waals surface area contributed by atoms with E-state index < -0.39 is 0 Å². The van der Waals surface area contributed by atoms with Gasteiger partial charge in [-0.05, 0) is 19.1 Å². The Bertz CT molecular complexity index is 1050. The standard InChI is InChI=1S/C22H23N3O4S2/c1-4-23-18(26)13-30-22-24-19(14-8-6-5-7-9-14)21(31-22)25-20(27)16-11-10-15(28-2)12-17(16)29-3/h5-12H,4,13H2,1-3H3,(H,23,26)(H,25,27). The summed E-state index contributed by atoms with van der Waals surface area (Å²) in [5.74, 6) is 0.890. The van der Waals surface area contributed by atoms with Gasteiger partial charge in [-0.1, -0.05) is 53.4 Å². The highest BCUT2D eigenvalue weighted by Crippen LogP contribution is 2.38. The van der Waals surface area contributed by atoms with Gasteiger partial charge in [-0.15, -0.1) is 0 Å². The van der Waals surface area contributed by atoms with E-state index in [1.165, 1.54) is 30.2 Å². The van der Waals surface area contributed by atoms with Crippen LogP contribution in [0.1, 0.15) is 17.3 Å². The molecular formula is C22H23N3O4S2. The topological polar surface area (TPSA) is 89.6 Å². The largest absolute Gasteiger partial charge is 0.497 e. The van der Waals surface area contributed by atoms with E-state index in [-0.39, 0.29) is 17.6 Å². The molecule has 3 aromatic rings. The Labute approximate surface area is 189 Å². The molecular weight excluding hydrogens is 434 g/mol. The third-order valence-corrected chi connectivity index (χ3v) is 6.35. The zero-order chi connectivity index (χ0) is 22.2. The molecule has 2 N–H and O–H groups in total. The van der Waals surface area contributed by atoms with Gasteiger partial charge in [0, 0.05) is 18.2 Å². The second-order valence-corrected chi connectivity index (χ2v) is 8.51. The molecule has 1 heterocycles. The number of aromatic nitrogens is 1. The summed E-state index contributed by atoms with van der Waals surface area (Å²) in [5.41, 5.74) is 1.91. The number of nitrogens with zero attached hydrogens (tertiary/aromatic N) is 1. The van der Waals surface area contributed by atoms with Crippen molar-refractivity contribution in [1.29, 1.82) is 0 Å². The van der Waals surface area contributed by atoms with Crippen LogP contribution in [-0.4, -0.2) is 43.3 Å². The molecule has 2 amide bonds. The lowest BCUT2D eigenvalue weighted by Crippen LogP contribution is -2.24. The van der Waals surface area contributed by atoms with Crippen molar-refractivity contribution < 1.29 is 19.1 Å². The molecule has 31 heavy (non-hydrogen) atoms. The van der Waals surface area contributed by atoms with Gasteiger partial charge in [0.15, 0.2) is 4.34 Å². The fraction of sp³-hybridized carbons (Fsp3) is 0.227. The molecule has 1 aromatic heterocycles. The number of amides is 2. The molecule has 0 saturated carbocycles. The Morgan fingerprint density at radius 3 is 2.55 bits per heavy atom. The number of methoxy groups -OCH3 is 2. The van der Waals surface area contributed by atoms with Crippen LogP contribution in [0, 0.1) is 0 Å². The van der Waals surface area contributed by atoms with Crippen LogP contribution in [0.15, 0.2) is 52.9 Å². The Morgan fingerprint density at radius 1 is 1.10 bits per heavy atom. The van der Waals surface area contributed by atoms with Gasteiger partial charge in [0.05, 0.1) is 25.5 Å². The van der Waals surface area contributed by atoms with Gasteiger partial charge in [-0.25, -0.2) is 4.98 Å². The monoisotopic (exact) mass is 457 g/mol. The molecule has 0 spiro atoms. The van der Waals surface area contributed by atoms with Crippen LogP contribution >= 0.6 is 23.1 Å². The lowest BCUT2D eigenvalue weighted by molar-refractivity contribution is -0.118. The van der Waals surface area contributed by atoms with Gasteiger partial charge in [-0.2, -0.15) is 0 Å². The number of carbonyl (C=O) groups is 2. The summed E-state index contributed by atoms with van der Waals surface area (Å²) in [4.78, 5) is 29.5. The number of anilines is 1. The van der Waals surface area contributed by atoms with E-state index >= 15 is 0 Å². The van der Waals surface area contributed by atoms with E-state index in [2.05, 4.69) is 15.6 Å². The molecule has 9 heteroatoms. The summed E-state index contributed by atoms with van der Waals surface area (Å²) in [6.07, 6.45) is 0. The van der Waals surface area contributed by atoms with Gasteiger partial charge in [0.1, 0.15) is 22.2 Å². The van der Waals surface area contributed by atoms with Crippen molar-refractivity contribution >= 4 is 39.9 Å². The fourth-order valence-corrected chi connectivity index (χ4v) is 4.66. The number of thioether (sulfide) groups is 1. The van der Waals surface area contributed by atoms with Gasteiger partial charge in [0.2, 0.25) is 5.91 Å². The minimum atomic E-state index is -0.319. The van der Waals surface area contributed by atoms with Gasteiger partial charge in [-0.3, -0.25) is 9.59 Å². The summed E-state index contributed by atoms with van der Waals surface area (Å²) in [7, 11) is 3.06. The lowest BCUT2D eigenvalue weighted by Gasteiger charge is -2.10. The first kappa shape index (κ1) is 22.6. The van der Waals surface area contributed by atoms with Crippen molar-refractivity contribution in [3.8, 4) is 22.8 Å². The van der Waals surface area contributed by atoms with Crippen LogP contribution in [0.25, 0.3) is 11.3 Å². The van der Waals surface area contributed by atoms with Gasteiger partial charge >= 0.3 is 0 Å². The molecule has 0 aliphatic carbocycles. The molecule has 7 nitrogen and oxygen atoms in total. The van der Waals surface area contributed by atoms with Crippen LogP contribution in [0.3, 0.4) is 0 Å². The first-order chi connectivity index (χ1) is 15.0. The molecule has 0 aliphatic rings. The second-order valence-electron chi connectivity index (χ2n) is 6.29. The number of hydrogen-bond donors (Lipinski definition) is 2. The van der Waals surface area contributed by atoms with E-state index in [1.54, 1.807) is 25.3 Å². The van der Waals surface area contributed by atoms with Crippen LogP contribution in [0.2, 0.25) is 0 Å². The maximum absolute atomic E-state index is 13.0. The summed E-state index contributed by atoms with van der Waals surface area (Å²) >= 11 is 2.67. The van der Waals surface area contributed by atoms with Gasteiger partial charge in [0.25, 0.3) is 5.91 Å². The molecule has 0 saturated heterocycles. The Balaban J connectivity index is 1.88. The first-order valence-electron chi connectivity index (χ1n) is 9.54.